The Hall–Kier alpha value is -0.750. The maximum atomic E-state index is 10.7. The monoisotopic (exact) mass is 158 g/mol. The second kappa shape index (κ2) is 2.89. The Morgan fingerprint density at radius 3 is 2.80 bits per heavy atom. The van der Waals surface area contributed by atoms with Crippen LogP contribution in [0.25, 0.3) is 0 Å². The zero-order valence-corrected chi connectivity index (χ0v) is 6.14. The molecule has 0 aromatic carbocycles. The summed E-state index contributed by atoms with van der Waals surface area (Å²) >= 11 is 5.28. The molecule has 0 aromatic rings. The summed E-state index contributed by atoms with van der Waals surface area (Å²) in [6.45, 7) is 1.12. The first kappa shape index (κ1) is 7.36. The van der Waals surface area contributed by atoms with E-state index in [-0.39, 0.29) is 17.7 Å². The van der Waals surface area contributed by atoms with Gasteiger partial charge in [0.25, 0.3) is 0 Å². The SMILES string of the molecule is N#CC1CN(C(=O)CCl)C1. The summed E-state index contributed by atoms with van der Waals surface area (Å²) in [5.41, 5.74) is 0. The molecule has 1 aliphatic rings. The van der Waals surface area contributed by atoms with Crippen molar-refractivity contribution >= 4 is 17.5 Å². The average molecular weight is 159 g/mol. The first-order valence-corrected chi connectivity index (χ1v) is 3.54. The largest absolute Gasteiger partial charge is 0.339 e. The van der Waals surface area contributed by atoms with Crippen LogP contribution in [0.2, 0.25) is 0 Å². The number of nitrogens with zero attached hydrogens (tertiary/aromatic N) is 2. The Balaban J connectivity index is 2.27. The molecule has 0 aromatic heterocycles. The maximum Gasteiger partial charge on any atom is 0.237 e. The molecule has 1 fully saturated rings. The van der Waals surface area contributed by atoms with Crippen molar-refractivity contribution in [1.82, 2.24) is 4.90 Å². The van der Waals surface area contributed by atoms with E-state index in [2.05, 4.69) is 6.07 Å². The first-order valence-electron chi connectivity index (χ1n) is 3.01. The lowest BCUT2D eigenvalue weighted by molar-refractivity contribution is -0.133. The van der Waals surface area contributed by atoms with E-state index in [1.165, 1.54) is 0 Å². The molecule has 0 atom stereocenters. The number of nitriles is 1. The molecule has 1 saturated heterocycles. The van der Waals surface area contributed by atoms with Crippen LogP contribution in [-0.2, 0) is 4.79 Å². The quantitative estimate of drug-likeness (QED) is 0.512. The Morgan fingerprint density at radius 1 is 1.80 bits per heavy atom. The maximum absolute atomic E-state index is 10.7. The third-order valence-corrected chi connectivity index (χ3v) is 1.76. The molecule has 1 amide bonds. The average Bonchev–Trinajstić information content (AvgIpc) is 1.85. The summed E-state index contributed by atoms with van der Waals surface area (Å²) in [6, 6.07) is 2.07. The van der Waals surface area contributed by atoms with E-state index in [0.717, 1.165) is 0 Å². The zero-order chi connectivity index (χ0) is 7.56. The molecule has 1 heterocycles. The lowest BCUT2D eigenvalue weighted by Crippen LogP contribution is -2.49. The smallest absolute Gasteiger partial charge is 0.237 e. The summed E-state index contributed by atoms with van der Waals surface area (Å²) < 4.78 is 0. The fourth-order valence-electron chi connectivity index (χ4n) is 0.848. The minimum Gasteiger partial charge on any atom is -0.339 e. The first-order chi connectivity index (χ1) is 4.77. The van der Waals surface area contributed by atoms with E-state index >= 15 is 0 Å². The van der Waals surface area contributed by atoms with Gasteiger partial charge < -0.3 is 4.90 Å². The van der Waals surface area contributed by atoms with Crippen molar-refractivity contribution in [3.63, 3.8) is 0 Å². The Kier molecular flexibility index (Phi) is 2.13. The van der Waals surface area contributed by atoms with Crippen LogP contribution >= 0.6 is 11.6 Å². The zero-order valence-electron chi connectivity index (χ0n) is 5.38. The number of amides is 1. The van der Waals surface area contributed by atoms with Crippen molar-refractivity contribution in [2.24, 2.45) is 5.92 Å². The van der Waals surface area contributed by atoms with Crippen molar-refractivity contribution in [1.29, 1.82) is 5.26 Å². The molecule has 1 aliphatic heterocycles. The minimum atomic E-state index is -0.0758. The molecular weight excluding hydrogens is 152 g/mol. The van der Waals surface area contributed by atoms with Gasteiger partial charge in [0, 0.05) is 13.1 Å². The number of likely N-dealkylation sites (tertiary alicyclic amines) is 1. The van der Waals surface area contributed by atoms with E-state index in [9.17, 15) is 4.79 Å². The molecular formula is C6H7ClN2O. The molecule has 0 saturated carbocycles. The van der Waals surface area contributed by atoms with Gasteiger partial charge >= 0.3 is 0 Å². The van der Waals surface area contributed by atoms with Gasteiger partial charge in [0.1, 0.15) is 5.88 Å². The van der Waals surface area contributed by atoms with Gasteiger partial charge in [-0.1, -0.05) is 0 Å². The normalized spacial score (nSPS) is 17.8. The molecule has 1 rings (SSSR count). The van der Waals surface area contributed by atoms with Crippen LogP contribution < -0.4 is 0 Å². The summed E-state index contributed by atoms with van der Waals surface area (Å²) in [4.78, 5) is 12.3. The second-order valence-corrected chi connectivity index (χ2v) is 2.53. The van der Waals surface area contributed by atoms with E-state index < -0.39 is 0 Å². The van der Waals surface area contributed by atoms with Gasteiger partial charge in [-0.2, -0.15) is 5.26 Å². The number of alkyl halides is 1. The number of hydrogen-bond donors (Lipinski definition) is 0. The van der Waals surface area contributed by atoms with Gasteiger partial charge in [-0.3, -0.25) is 4.79 Å². The molecule has 0 aliphatic carbocycles. The van der Waals surface area contributed by atoms with Crippen molar-refractivity contribution in [3.05, 3.63) is 0 Å². The lowest BCUT2D eigenvalue weighted by atomic mass is 10.0. The molecule has 3 nitrogen and oxygen atoms in total. The molecule has 10 heavy (non-hydrogen) atoms. The molecule has 0 unspecified atom stereocenters. The van der Waals surface area contributed by atoms with Gasteiger partial charge in [-0.25, -0.2) is 0 Å². The van der Waals surface area contributed by atoms with Crippen LogP contribution in [0.15, 0.2) is 0 Å². The molecule has 0 spiro atoms. The van der Waals surface area contributed by atoms with Gasteiger partial charge in [-0.15, -0.1) is 11.6 Å². The van der Waals surface area contributed by atoms with Gasteiger partial charge in [-0.05, 0) is 0 Å². The minimum absolute atomic E-state index is 0.0259. The van der Waals surface area contributed by atoms with Crippen LogP contribution in [0.1, 0.15) is 0 Å². The summed E-state index contributed by atoms with van der Waals surface area (Å²) in [5.74, 6) is -0.0154. The molecule has 0 N–H and O–H groups in total. The summed E-state index contributed by atoms with van der Waals surface area (Å²) in [6.07, 6.45) is 0. The van der Waals surface area contributed by atoms with Crippen molar-refractivity contribution in [3.8, 4) is 6.07 Å². The van der Waals surface area contributed by atoms with Crippen molar-refractivity contribution in [2.75, 3.05) is 19.0 Å². The highest BCUT2D eigenvalue weighted by molar-refractivity contribution is 6.27. The lowest BCUT2D eigenvalue weighted by Gasteiger charge is -2.34. The Labute approximate surface area is 64.2 Å². The highest BCUT2D eigenvalue weighted by Crippen LogP contribution is 2.13. The topological polar surface area (TPSA) is 44.1 Å². The van der Waals surface area contributed by atoms with Crippen LogP contribution in [0.3, 0.4) is 0 Å². The predicted molar refractivity (Wildman–Crippen MR) is 36.4 cm³/mol. The third kappa shape index (κ3) is 1.22. The van der Waals surface area contributed by atoms with Crippen molar-refractivity contribution < 1.29 is 4.79 Å². The highest BCUT2D eigenvalue weighted by atomic mass is 35.5. The summed E-state index contributed by atoms with van der Waals surface area (Å²) in [7, 11) is 0. The van der Waals surface area contributed by atoms with E-state index in [1.54, 1.807) is 4.90 Å². The molecule has 0 bridgehead atoms. The Bertz CT molecular complexity index is 181. The highest BCUT2D eigenvalue weighted by Gasteiger charge is 2.29. The number of rotatable bonds is 1. The van der Waals surface area contributed by atoms with Gasteiger partial charge in [0.2, 0.25) is 5.91 Å². The molecule has 0 radical (unpaired) electrons. The van der Waals surface area contributed by atoms with Crippen LogP contribution in [0.4, 0.5) is 0 Å². The van der Waals surface area contributed by atoms with Gasteiger partial charge in [0.05, 0.1) is 12.0 Å². The van der Waals surface area contributed by atoms with Crippen LogP contribution in [0.5, 0.6) is 0 Å². The number of carbonyl (C=O) groups is 1. The van der Waals surface area contributed by atoms with Crippen LogP contribution in [0, 0.1) is 17.2 Å². The number of carbonyl (C=O) groups excluding carboxylic acids is 1. The Morgan fingerprint density at radius 2 is 2.40 bits per heavy atom. The second-order valence-electron chi connectivity index (χ2n) is 2.26. The summed E-state index contributed by atoms with van der Waals surface area (Å²) in [5, 5.41) is 8.34. The van der Waals surface area contributed by atoms with Crippen molar-refractivity contribution in [2.45, 2.75) is 0 Å². The third-order valence-electron chi connectivity index (χ3n) is 1.53. The fourth-order valence-corrected chi connectivity index (χ4v) is 1.02. The fraction of sp³-hybridized carbons (Fsp3) is 0.667. The standard InChI is InChI=1S/C6H7ClN2O/c7-1-6(10)9-3-5(2-8)4-9/h5H,1,3-4H2. The van der Waals surface area contributed by atoms with E-state index in [1.807, 2.05) is 0 Å². The number of halogens is 1. The predicted octanol–water partition coefficient (Wildman–Crippen LogP) is 0.207. The number of hydrogen-bond acceptors (Lipinski definition) is 2. The van der Waals surface area contributed by atoms with Gasteiger partial charge in [0.15, 0.2) is 0 Å². The van der Waals surface area contributed by atoms with E-state index in [4.69, 9.17) is 16.9 Å². The van der Waals surface area contributed by atoms with Crippen LogP contribution in [-0.4, -0.2) is 29.8 Å². The van der Waals surface area contributed by atoms with E-state index in [0.29, 0.717) is 13.1 Å². The molecule has 54 valence electrons. The molecule has 4 heteroatoms.